The number of hydrogen-bond donors (Lipinski definition) is 0. The normalized spacial score (nSPS) is 29.4. The van der Waals surface area contributed by atoms with E-state index in [0.29, 0.717) is 5.91 Å². The van der Waals surface area contributed by atoms with Gasteiger partial charge >= 0.3 is 0 Å². The predicted octanol–water partition coefficient (Wildman–Crippen LogP) is 0.102. The Kier molecular flexibility index (Phi) is 3.82. The number of likely N-dealkylation sites (tertiary alicyclic amines) is 1. The molecule has 0 bridgehead atoms. The number of rotatable bonds is 1. The molecule has 1 atom stereocenters. The molecule has 0 saturated carbocycles. The van der Waals surface area contributed by atoms with Crippen LogP contribution in [0.5, 0.6) is 0 Å². The first-order chi connectivity index (χ1) is 7.66. The van der Waals surface area contributed by atoms with Crippen molar-refractivity contribution >= 4 is 5.91 Å². The van der Waals surface area contributed by atoms with Crippen LogP contribution < -0.4 is 0 Å². The average Bonchev–Trinajstić information content (AvgIpc) is 2.29. The van der Waals surface area contributed by atoms with Gasteiger partial charge in [-0.2, -0.15) is 0 Å². The van der Waals surface area contributed by atoms with Crippen molar-refractivity contribution in [3.63, 3.8) is 0 Å². The van der Waals surface area contributed by atoms with Gasteiger partial charge in [0.05, 0.1) is 5.92 Å². The molecule has 0 radical (unpaired) electrons. The molecule has 0 aromatic carbocycles. The SMILES string of the molecule is CN1CCN(C(=O)C2CCCN(C)C2)CC1. The number of piperidine rings is 1. The minimum atomic E-state index is 0.252. The molecular weight excluding hydrogens is 202 g/mol. The maximum atomic E-state index is 12.3. The molecule has 2 heterocycles. The van der Waals surface area contributed by atoms with E-state index in [-0.39, 0.29) is 5.92 Å². The summed E-state index contributed by atoms with van der Waals surface area (Å²) < 4.78 is 0. The van der Waals surface area contributed by atoms with E-state index < -0.39 is 0 Å². The number of carbonyl (C=O) groups is 1. The van der Waals surface area contributed by atoms with Crippen molar-refractivity contribution in [1.82, 2.24) is 14.7 Å². The van der Waals surface area contributed by atoms with Crippen LogP contribution in [0.15, 0.2) is 0 Å². The lowest BCUT2D eigenvalue weighted by Gasteiger charge is -2.37. The van der Waals surface area contributed by atoms with Crippen molar-refractivity contribution in [2.45, 2.75) is 12.8 Å². The Morgan fingerprint density at radius 2 is 1.69 bits per heavy atom. The molecule has 1 unspecified atom stereocenters. The Morgan fingerprint density at radius 1 is 1.00 bits per heavy atom. The topological polar surface area (TPSA) is 26.8 Å². The summed E-state index contributed by atoms with van der Waals surface area (Å²) >= 11 is 0. The maximum absolute atomic E-state index is 12.3. The van der Waals surface area contributed by atoms with Crippen LogP contribution in [0.3, 0.4) is 0 Å². The zero-order chi connectivity index (χ0) is 11.5. The summed E-state index contributed by atoms with van der Waals surface area (Å²) in [7, 11) is 4.24. The molecule has 4 heteroatoms. The van der Waals surface area contributed by atoms with Crippen LogP contribution in [-0.4, -0.2) is 74.0 Å². The van der Waals surface area contributed by atoms with E-state index >= 15 is 0 Å². The fourth-order valence-corrected chi connectivity index (χ4v) is 2.65. The molecule has 16 heavy (non-hydrogen) atoms. The van der Waals surface area contributed by atoms with Crippen molar-refractivity contribution in [3.05, 3.63) is 0 Å². The van der Waals surface area contributed by atoms with Gasteiger partial charge in [-0.05, 0) is 33.5 Å². The Bertz CT molecular complexity index is 249. The van der Waals surface area contributed by atoms with Crippen molar-refractivity contribution in [1.29, 1.82) is 0 Å². The Morgan fingerprint density at radius 3 is 2.31 bits per heavy atom. The van der Waals surface area contributed by atoms with Gasteiger partial charge in [0, 0.05) is 32.7 Å². The van der Waals surface area contributed by atoms with E-state index in [4.69, 9.17) is 0 Å². The fraction of sp³-hybridized carbons (Fsp3) is 0.917. The van der Waals surface area contributed by atoms with E-state index in [1.807, 2.05) is 0 Å². The van der Waals surface area contributed by atoms with Gasteiger partial charge in [-0.1, -0.05) is 0 Å². The third-order valence-electron chi connectivity index (χ3n) is 3.79. The number of likely N-dealkylation sites (N-methyl/N-ethyl adjacent to an activating group) is 1. The molecule has 4 nitrogen and oxygen atoms in total. The second-order valence-corrected chi connectivity index (χ2v) is 5.23. The summed E-state index contributed by atoms with van der Waals surface area (Å²) in [5.41, 5.74) is 0. The number of hydrogen-bond acceptors (Lipinski definition) is 3. The Labute approximate surface area is 98.2 Å². The fourth-order valence-electron chi connectivity index (χ4n) is 2.65. The molecule has 2 saturated heterocycles. The Hall–Kier alpha value is -0.610. The van der Waals surface area contributed by atoms with Crippen LogP contribution in [-0.2, 0) is 4.79 Å². The standard InChI is InChI=1S/C12H23N3O/c1-13-6-8-15(9-7-13)12(16)11-4-3-5-14(2)10-11/h11H,3-10H2,1-2H3. The van der Waals surface area contributed by atoms with E-state index in [1.54, 1.807) is 0 Å². The highest BCUT2D eigenvalue weighted by Gasteiger charge is 2.29. The molecule has 0 N–H and O–H groups in total. The molecule has 2 aliphatic rings. The highest BCUT2D eigenvalue weighted by molar-refractivity contribution is 5.79. The number of amides is 1. The van der Waals surface area contributed by atoms with Crippen molar-refractivity contribution < 1.29 is 4.79 Å². The van der Waals surface area contributed by atoms with Gasteiger partial charge in [-0.3, -0.25) is 4.79 Å². The van der Waals surface area contributed by atoms with Crippen LogP contribution in [0, 0.1) is 5.92 Å². The highest BCUT2D eigenvalue weighted by Crippen LogP contribution is 2.18. The summed E-state index contributed by atoms with van der Waals surface area (Å²) in [6.45, 7) is 5.96. The lowest BCUT2D eigenvalue weighted by molar-refractivity contribution is -0.138. The molecule has 0 spiro atoms. The molecule has 92 valence electrons. The molecule has 2 rings (SSSR count). The zero-order valence-corrected chi connectivity index (χ0v) is 10.5. The Balaban J connectivity index is 1.86. The molecule has 2 fully saturated rings. The largest absolute Gasteiger partial charge is 0.340 e. The van der Waals surface area contributed by atoms with Crippen LogP contribution in [0.25, 0.3) is 0 Å². The van der Waals surface area contributed by atoms with Crippen molar-refractivity contribution in [3.8, 4) is 0 Å². The second-order valence-electron chi connectivity index (χ2n) is 5.23. The monoisotopic (exact) mass is 225 g/mol. The molecular formula is C12H23N3O. The summed E-state index contributed by atoms with van der Waals surface area (Å²) in [5, 5.41) is 0. The third-order valence-corrected chi connectivity index (χ3v) is 3.79. The first-order valence-corrected chi connectivity index (χ1v) is 6.32. The smallest absolute Gasteiger partial charge is 0.227 e. The highest BCUT2D eigenvalue weighted by atomic mass is 16.2. The minimum Gasteiger partial charge on any atom is -0.340 e. The average molecular weight is 225 g/mol. The van der Waals surface area contributed by atoms with Crippen molar-refractivity contribution in [2.75, 3.05) is 53.4 Å². The number of nitrogens with zero attached hydrogens (tertiary/aromatic N) is 3. The van der Waals surface area contributed by atoms with Crippen LogP contribution in [0.2, 0.25) is 0 Å². The van der Waals surface area contributed by atoms with Gasteiger partial charge in [-0.25, -0.2) is 0 Å². The number of piperazine rings is 1. The van der Waals surface area contributed by atoms with Gasteiger partial charge in [0.2, 0.25) is 5.91 Å². The van der Waals surface area contributed by atoms with Gasteiger partial charge in [-0.15, -0.1) is 0 Å². The van der Waals surface area contributed by atoms with Gasteiger partial charge in [0.25, 0.3) is 0 Å². The summed E-state index contributed by atoms with van der Waals surface area (Å²) in [4.78, 5) is 18.9. The zero-order valence-electron chi connectivity index (χ0n) is 10.5. The summed E-state index contributed by atoms with van der Waals surface area (Å²) in [6, 6.07) is 0. The first-order valence-electron chi connectivity index (χ1n) is 6.32. The third kappa shape index (κ3) is 2.74. The molecule has 0 aliphatic carbocycles. The molecule has 2 aliphatic heterocycles. The second kappa shape index (κ2) is 5.15. The lowest BCUT2D eigenvalue weighted by Crippen LogP contribution is -2.51. The predicted molar refractivity (Wildman–Crippen MR) is 64.3 cm³/mol. The van der Waals surface area contributed by atoms with Crippen LogP contribution in [0.4, 0.5) is 0 Å². The van der Waals surface area contributed by atoms with E-state index in [2.05, 4.69) is 28.8 Å². The number of carbonyl (C=O) groups excluding carboxylic acids is 1. The maximum Gasteiger partial charge on any atom is 0.227 e. The van der Waals surface area contributed by atoms with E-state index in [0.717, 1.165) is 45.7 Å². The molecule has 0 aromatic rings. The minimum absolute atomic E-state index is 0.252. The van der Waals surface area contributed by atoms with Crippen molar-refractivity contribution in [2.24, 2.45) is 5.92 Å². The van der Waals surface area contributed by atoms with Gasteiger partial charge in [0.15, 0.2) is 0 Å². The van der Waals surface area contributed by atoms with Gasteiger partial charge < -0.3 is 14.7 Å². The van der Waals surface area contributed by atoms with E-state index in [1.165, 1.54) is 6.42 Å². The molecule has 0 aromatic heterocycles. The van der Waals surface area contributed by atoms with Gasteiger partial charge in [0.1, 0.15) is 0 Å². The van der Waals surface area contributed by atoms with Crippen LogP contribution in [0.1, 0.15) is 12.8 Å². The quantitative estimate of drug-likeness (QED) is 0.633. The van der Waals surface area contributed by atoms with Crippen LogP contribution >= 0.6 is 0 Å². The lowest BCUT2D eigenvalue weighted by atomic mass is 9.96. The summed E-state index contributed by atoms with van der Waals surface area (Å²) in [5.74, 6) is 0.641. The summed E-state index contributed by atoms with van der Waals surface area (Å²) in [6.07, 6.45) is 2.25. The first kappa shape index (κ1) is 11.9. The van der Waals surface area contributed by atoms with E-state index in [9.17, 15) is 4.79 Å². The molecule has 1 amide bonds.